The highest BCUT2D eigenvalue weighted by molar-refractivity contribution is 5.94. The van der Waals surface area contributed by atoms with Crippen LogP contribution in [-0.4, -0.2) is 75.9 Å². The van der Waals surface area contributed by atoms with Crippen molar-refractivity contribution in [1.29, 1.82) is 0 Å². The molecule has 19 saturated carbocycles. The highest BCUT2D eigenvalue weighted by atomic mass is 16.6. The van der Waals surface area contributed by atoms with Crippen molar-refractivity contribution in [1.82, 2.24) is 0 Å². The van der Waals surface area contributed by atoms with Crippen molar-refractivity contribution >= 4 is 12.3 Å². The number of hydrogen-bond acceptors (Lipinski definition) is 8. The summed E-state index contributed by atoms with van der Waals surface area (Å²) in [7, 11) is 1.92. The smallest absolute Gasteiger partial charge is 0.293 e. The van der Waals surface area contributed by atoms with Gasteiger partial charge in [0.25, 0.3) is 6.47 Å². The van der Waals surface area contributed by atoms with Crippen molar-refractivity contribution in [2.75, 3.05) is 13.7 Å². The Labute approximate surface area is 716 Å². The van der Waals surface area contributed by atoms with Crippen molar-refractivity contribution in [3.05, 3.63) is 34.9 Å². The first-order valence-electron chi connectivity index (χ1n) is 50.1. The topological polar surface area (TPSA) is 126 Å². The predicted molar refractivity (Wildman–Crippen MR) is 478 cm³/mol. The Hall–Kier alpha value is -1.84. The van der Waals surface area contributed by atoms with Gasteiger partial charge in [0.05, 0.1) is 29.0 Å². The SMILES string of the molecule is C=C1[C@@H](O)C[C@@]23C[C@@H]1C(C)(C)C2CC[C@H]3C.CC(=O)C1=C(C)[C@@H]2C[C@]3(C1)C(CC[C@H]3C)C2(C)C.CC1=CCC23CC1C(C)(CO)C2CCC3C.CO[C@]1(C)CC[C@@]23C[C@@H]1C(C)(C)C2CC[C@H]3C.C[C@@H]1CCC2C(C)(C)[C@H]3C[C@]21CC1OC13C.C[C@@H]1CCC2C(C)(C)[C@H]3C[C@]21CC[C@@]3(C)OC=O.C[C@@H]1CC[C@H]2C(C)(C)[C@H]3C[C@@]12CC[C@]3(C)O. The molecule has 0 amide bonds. The zero-order valence-electron chi connectivity index (χ0n) is 80.7. The Morgan fingerprint density at radius 1 is 0.444 bits per heavy atom. The van der Waals surface area contributed by atoms with Crippen LogP contribution < -0.4 is 0 Å². The second-order valence-corrected chi connectivity index (χ2v) is 53.0. The largest absolute Gasteiger partial charge is 0.461 e. The maximum Gasteiger partial charge on any atom is 0.293 e. The van der Waals surface area contributed by atoms with Gasteiger partial charge in [0.1, 0.15) is 5.60 Å². The van der Waals surface area contributed by atoms with E-state index in [0.717, 1.165) is 126 Å². The molecule has 3 N–H and O–H groups in total. The number of epoxide rings is 1. The fourth-order valence-electron chi connectivity index (χ4n) is 40.9. The minimum atomic E-state index is -0.404. The van der Waals surface area contributed by atoms with E-state index in [1.807, 2.05) is 7.11 Å². The summed E-state index contributed by atoms with van der Waals surface area (Å²) < 4.78 is 17.6. The molecule has 12 unspecified atom stereocenters. The van der Waals surface area contributed by atoms with Crippen LogP contribution in [0.1, 0.15) is 386 Å². The van der Waals surface area contributed by atoms with Crippen LogP contribution in [0.25, 0.3) is 0 Å². The maximum atomic E-state index is 12.0. The van der Waals surface area contributed by atoms with Crippen LogP contribution in [0, 0.1) is 200 Å². The van der Waals surface area contributed by atoms with E-state index in [0.29, 0.717) is 125 Å². The van der Waals surface area contributed by atoms with Gasteiger partial charge >= 0.3 is 0 Å². The molecule has 20 fully saturated rings. The molecule has 1 heterocycles. The molecule has 22 rings (SSSR count). The summed E-state index contributed by atoms with van der Waals surface area (Å²) in [4.78, 5) is 22.8. The van der Waals surface area contributed by atoms with Crippen molar-refractivity contribution in [2.45, 2.75) is 421 Å². The van der Waals surface area contributed by atoms with Gasteiger partial charge in [-0.3, -0.25) is 9.59 Å². The van der Waals surface area contributed by atoms with Crippen LogP contribution in [0.3, 0.4) is 0 Å². The van der Waals surface area contributed by atoms with Gasteiger partial charge in [-0.15, -0.1) is 0 Å². The van der Waals surface area contributed by atoms with Gasteiger partial charge in [0.2, 0.25) is 0 Å². The quantitative estimate of drug-likeness (QED) is 0.141. The van der Waals surface area contributed by atoms with Gasteiger partial charge in [-0.25, -0.2) is 0 Å². The molecule has 8 nitrogen and oxygen atoms in total. The van der Waals surface area contributed by atoms with E-state index in [2.05, 4.69) is 193 Å². The second-order valence-electron chi connectivity index (χ2n) is 53.0. The monoisotopic (exact) mass is 1620 g/mol. The average molecular weight is 1620 g/mol. The Balaban J connectivity index is 0.000000102. The molecule has 662 valence electrons. The van der Waals surface area contributed by atoms with Gasteiger partial charge in [0.15, 0.2) is 5.78 Å². The average Bonchev–Trinajstić information content (AvgIpc) is 1.48. The molecule has 0 aromatic carbocycles. The minimum absolute atomic E-state index is 0.138. The molecule has 0 aromatic rings. The van der Waals surface area contributed by atoms with E-state index in [1.54, 1.807) is 12.5 Å². The number of carbonyl (C=O) groups excluding carboxylic acids is 2. The number of fused-ring (bicyclic) bond motifs is 9. The van der Waals surface area contributed by atoms with Crippen molar-refractivity contribution in [2.24, 2.45) is 200 Å². The van der Waals surface area contributed by atoms with Crippen LogP contribution in [0.15, 0.2) is 34.9 Å². The number of carbonyl (C=O) groups is 2. The third-order valence-corrected chi connectivity index (χ3v) is 48.0. The summed E-state index contributed by atoms with van der Waals surface area (Å²) in [6.45, 7) is 69.5. The van der Waals surface area contributed by atoms with Gasteiger partial charge in [-0.05, 0) is 447 Å². The lowest BCUT2D eigenvalue weighted by Crippen LogP contribution is -2.46. The Kier molecular flexibility index (Phi) is 21.4. The molecule has 7 spiro atoms. The summed E-state index contributed by atoms with van der Waals surface area (Å²) in [5.74, 6) is 17.0. The van der Waals surface area contributed by atoms with Gasteiger partial charge in [-0.1, -0.05) is 162 Å². The van der Waals surface area contributed by atoms with Crippen LogP contribution in [0.2, 0.25) is 0 Å². The van der Waals surface area contributed by atoms with Gasteiger partial charge < -0.3 is 29.5 Å². The third-order valence-electron chi connectivity index (χ3n) is 48.0. The zero-order valence-corrected chi connectivity index (χ0v) is 80.7. The fraction of sp³-hybridized carbons (Fsp3) is 0.927. The number of ketones is 1. The standard InChI is InChI=1S/C17H26O.C16H26O2.C16H28O.2C15H24O.C15H26O.C15H24O/c1-10-6-7-15-16(4,5)14-9-17(10,15)8-13(11(14)2)12(3)18;1-11-5-6-12-14(2,3)13-9-16(11,12)8-7-15(13,4)18-10-17;1-11-6-7-12-14(2,3)13-10-16(11,12)9-8-15(13,4)17-5;1-9-5-6-10-13(2,3)11-7-15(9,10)8-12-14(11,4)16-12;1-9-5-6-13-14(3,4)11-7-15(9,13)8-12(16)10(11)2;1-10-5-6-11-13(2,3)12-9-15(10,11)8-7-14(12,4)16;1-10-6-7-15-8-12(10)14(3,9-16)13(15)5-4-11(15)2/h10,14-15H,6-9H2,1-5H3;10-13H,5-9H2,1-4H3;11-13H,6-10H2,1-5H3;9-12H,5-8H2,1-4H3;9,11-13,16H,2,5-8H2,1,3-4H3;10-12,16H,5-9H2,1-4H3;6,11-13,16H,4-5,7-9H2,1-3H3/t10-,14+,15?,17+;2*11-,12?,13-,15-,16+;9-,10?,11-,12?,14?,15-;9-,11+,12+,13?,15-;10-,11+,12-,14+,15+;/m111111./s1. The van der Waals surface area contributed by atoms with E-state index in [1.165, 1.54) is 185 Å². The molecule has 35 atom stereocenters. The van der Waals surface area contributed by atoms with E-state index in [9.17, 15) is 24.9 Å². The molecule has 0 aromatic heterocycles. The molecule has 21 aliphatic carbocycles. The Bertz CT molecular complexity index is 3870. The number of aliphatic hydroxyl groups excluding tert-OH is 2. The van der Waals surface area contributed by atoms with Crippen molar-refractivity contribution < 1.29 is 39.1 Å². The summed E-state index contributed by atoms with van der Waals surface area (Å²) in [6, 6.07) is 0. The van der Waals surface area contributed by atoms with Crippen molar-refractivity contribution in [3.8, 4) is 0 Å². The van der Waals surface area contributed by atoms with Crippen LogP contribution in [0.5, 0.6) is 0 Å². The summed E-state index contributed by atoms with van der Waals surface area (Å²) in [6.07, 6.45) is 43.9. The van der Waals surface area contributed by atoms with Gasteiger partial charge in [-0.2, -0.15) is 0 Å². The summed E-state index contributed by atoms with van der Waals surface area (Å²) in [5, 5.41) is 30.8. The van der Waals surface area contributed by atoms with Crippen molar-refractivity contribution in [3.63, 3.8) is 0 Å². The lowest BCUT2D eigenvalue weighted by Gasteiger charge is -2.46. The Morgan fingerprint density at radius 2 is 0.821 bits per heavy atom. The fourth-order valence-corrected chi connectivity index (χ4v) is 40.9. The first-order chi connectivity index (χ1) is 54.2. The number of allylic oxidation sites excluding steroid dienone is 4. The molecular weight excluding hydrogens is 1440 g/mol. The Morgan fingerprint density at radius 3 is 1.32 bits per heavy atom. The minimum Gasteiger partial charge on any atom is -0.461 e. The number of ether oxygens (including phenoxy) is 3. The molecule has 22 aliphatic rings. The van der Waals surface area contributed by atoms with E-state index >= 15 is 0 Å². The number of Topliss-reactive ketones (excluding diaryl/α,β-unsaturated/α-hetero) is 1. The van der Waals surface area contributed by atoms with Crippen LogP contribution in [-0.2, 0) is 23.8 Å². The first-order valence-corrected chi connectivity index (χ1v) is 50.1. The summed E-state index contributed by atoms with van der Waals surface area (Å²) >= 11 is 0. The molecule has 1 saturated heterocycles. The lowest BCUT2D eigenvalue weighted by molar-refractivity contribution is -0.157. The highest BCUT2D eigenvalue weighted by Gasteiger charge is 2.78. The maximum absolute atomic E-state index is 12.0. The molecule has 8 heteroatoms. The highest BCUT2D eigenvalue weighted by Crippen LogP contribution is 2.81. The summed E-state index contributed by atoms with van der Waals surface area (Å²) in [5.41, 5.74) is 11.5. The van der Waals surface area contributed by atoms with E-state index in [4.69, 9.17) is 14.2 Å². The molecule has 14 bridgehead atoms. The number of rotatable bonds is 5. The van der Waals surface area contributed by atoms with Gasteiger partial charge in [0, 0.05) is 25.0 Å². The number of hydrogen-bond donors (Lipinski definition) is 3. The predicted octanol–water partition coefficient (Wildman–Crippen LogP) is 26.4. The van der Waals surface area contributed by atoms with Crippen LogP contribution in [0.4, 0.5) is 0 Å². The number of aliphatic hydroxyl groups is 3. The normalized spacial score (nSPS) is 55.1. The van der Waals surface area contributed by atoms with E-state index in [-0.39, 0.29) is 28.3 Å². The number of methoxy groups -OCH3 is 1. The second kappa shape index (κ2) is 28.3. The molecule has 0 radical (unpaired) electrons. The molecule has 1 aliphatic heterocycles. The molecular formula is C109H178O8. The van der Waals surface area contributed by atoms with E-state index < -0.39 is 5.60 Å². The lowest BCUT2D eigenvalue weighted by atomic mass is 9.64. The molecule has 117 heavy (non-hydrogen) atoms. The zero-order chi connectivity index (χ0) is 85.3. The first kappa shape index (κ1) is 88.6. The third kappa shape index (κ3) is 12.1. The van der Waals surface area contributed by atoms with Crippen LogP contribution >= 0.6 is 0 Å².